The number of fused-ring (bicyclic) bond motifs is 1. The van der Waals surface area contributed by atoms with Crippen LogP contribution in [0.25, 0.3) is 10.9 Å². The van der Waals surface area contributed by atoms with Crippen LogP contribution in [0, 0.1) is 0 Å². The number of benzene rings is 3. The molecule has 0 bridgehead atoms. The monoisotopic (exact) mass is 406 g/mol. The first-order valence-electron chi connectivity index (χ1n) is 8.95. The zero-order chi connectivity index (χ0) is 20.2. The number of aromatic nitrogens is 2. The Morgan fingerprint density at radius 2 is 1.83 bits per heavy atom. The Morgan fingerprint density at radius 3 is 2.59 bits per heavy atom. The van der Waals surface area contributed by atoms with E-state index in [4.69, 9.17) is 26.8 Å². The molecule has 0 saturated heterocycles. The van der Waals surface area contributed by atoms with Gasteiger partial charge in [0.1, 0.15) is 30.3 Å². The Morgan fingerprint density at radius 1 is 1.00 bits per heavy atom. The van der Waals surface area contributed by atoms with E-state index >= 15 is 0 Å². The minimum absolute atomic E-state index is 0.449. The maximum atomic E-state index is 6.41. The van der Waals surface area contributed by atoms with E-state index in [1.54, 1.807) is 25.3 Å². The summed E-state index contributed by atoms with van der Waals surface area (Å²) in [7, 11) is 1.57. The van der Waals surface area contributed by atoms with Gasteiger partial charge in [0.15, 0.2) is 0 Å². The van der Waals surface area contributed by atoms with Crippen LogP contribution in [0.3, 0.4) is 0 Å². The number of nitrogens with zero attached hydrogens (tertiary/aromatic N) is 2. The topological polar surface area (TPSA) is 82.3 Å². The van der Waals surface area contributed by atoms with Gasteiger partial charge in [-0.1, -0.05) is 41.9 Å². The lowest BCUT2D eigenvalue weighted by Gasteiger charge is -2.13. The van der Waals surface area contributed by atoms with Crippen LogP contribution in [-0.4, -0.2) is 17.1 Å². The van der Waals surface area contributed by atoms with E-state index in [0.717, 1.165) is 22.2 Å². The van der Waals surface area contributed by atoms with Gasteiger partial charge in [-0.2, -0.15) is 0 Å². The predicted molar refractivity (Wildman–Crippen MR) is 116 cm³/mol. The fourth-order valence-corrected chi connectivity index (χ4v) is 3.18. The van der Waals surface area contributed by atoms with Crippen LogP contribution in [0.15, 0.2) is 67.0 Å². The van der Waals surface area contributed by atoms with Crippen molar-refractivity contribution in [3.63, 3.8) is 0 Å². The van der Waals surface area contributed by atoms with Crippen molar-refractivity contribution in [1.82, 2.24) is 9.97 Å². The molecule has 6 nitrogen and oxygen atoms in total. The molecule has 0 aliphatic carbocycles. The van der Waals surface area contributed by atoms with Crippen molar-refractivity contribution >= 4 is 39.7 Å². The molecule has 0 amide bonds. The van der Waals surface area contributed by atoms with Gasteiger partial charge in [0.25, 0.3) is 0 Å². The van der Waals surface area contributed by atoms with Gasteiger partial charge in [0.2, 0.25) is 0 Å². The third-order valence-electron chi connectivity index (χ3n) is 4.42. The summed E-state index contributed by atoms with van der Waals surface area (Å²) in [6.07, 6.45) is 1.49. The molecular formula is C22H19ClN4O2. The number of rotatable bonds is 6. The number of methoxy groups -OCH3 is 1. The normalized spacial score (nSPS) is 10.7. The third kappa shape index (κ3) is 4.17. The van der Waals surface area contributed by atoms with Gasteiger partial charge >= 0.3 is 0 Å². The lowest BCUT2D eigenvalue weighted by molar-refractivity contribution is 0.306. The standard InChI is InChI=1S/C22H19ClN4O2/c1-28-21-11-19-16(10-18(21)24)22(26-13-25-19)27-15-7-8-20(17(23)9-15)29-12-14-5-3-2-4-6-14/h2-11,13H,12,24H2,1H3,(H,25,26,27). The summed E-state index contributed by atoms with van der Waals surface area (Å²) in [6.45, 7) is 0.449. The van der Waals surface area contributed by atoms with Crippen molar-refractivity contribution in [2.24, 2.45) is 0 Å². The quantitative estimate of drug-likeness (QED) is 0.428. The van der Waals surface area contributed by atoms with Gasteiger partial charge in [-0.05, 0) is 29.8 Å². The molecule has 0 aliphatic heterocycles. The molecule has 1 aromatic heterocycles. The molecule has 3 aromatic carbocycles. The second kappa shape index (κ2) is 8.24. The molecule has 0 aliphatic rings. The molecule has 0 fully saturated rings. The fraction of sp³-hybridized carbons (Fsp3) is 0.0909. The van der Waals surface area contributed by atoms with E-state index in [1.807, 2.05) is 42.5 Å². The van der Waals surface area contributed by atoms with Gasteiger partial charge < -0.3 is 20.5 Å². The smallest absolute Gasteiger partial charge is 0.143 e. The van der Waals surface area contributed by atoms with Gasteiger partial charge in [0, 0.05) is 17.1 Å². The highest BCUT2D eigenvalue weighted by Crippen LogP contribution is 2.33. The minimum atomic E-state index is 0.449. The molecule has 0 unspecified atom stereocenters. The second-order valence-electron chi connectivity index (χ2n) is 6.38. The van der Waals surface area contributed by atoms with Gasteiger partial charge in [-0.15, -0.1) is 0 Å². The van der Waals surface area contributed by atoms with Crippen LogP contribution in [-0.2, 0) is 6.61 Å². The number of nitrogens with one attached hydrogen (secondary N) is 1. The zero-order valence-electron chi connectivity index (χ0n) is 15.7. The molecular weight excluding hydrogens is 388 g/mol. The molecule has 4 aromatic rings. The molecule has 146 valence electrons. The van der Waals surface area contributed by atoms with Crippen LogP contribution in [0.5, 0.6) is 11.5 Å². The highest BCUT2D eigenvalue weighted by molar-refractivity contribution is 6.32. The Labute approximate surface area is 173 Å². The lowest BCUT2D eigenvalue weighted by atomic mass is 10.2. The maximum Gasteiger partial charge on any atom is 0.143 e. The van der Waals surface area contributed by atoms with Crippen LogP contribution in [0.4, 0.5) is 17.2 Å². The van der Waals surface area contributed by atoms with Crippen molar-refractivity contribution in [3.8, 4) is 11.5 Å². The van der Waals surface area contributed by atoms with E-state index in [9.17, 15) is 0 Å². The van der Waals surface area contributed by atoms with E-state index in [1.165, 1.54) is 6.33 Å². The Kier molecular flexibility index (Phi) is 5.35. The van der Waals surface area contributed by atoms with Crippen molar-refractivity contribution < 1.29 is 9.47 Å². The summed E-state index contributed by atoms with van der Waals surface area (Å²) >= 11 is 6.41. The SMILES string of the molecule is COc1cc2ncnc(Nc3ccc(OCc4ccccc4)c(Cl)c3)c2cc1N. The average molecular weight is 407 g/mol. The first kappa shape index (κ1) is 18.8. The Bertz CT molecular complexity index is 1150. The van der Waals surface area contributed by atoms with E-state index < -0.39 is 0 Å². The van der Waals surface area contributed by atoms with E-state index in [-0.39, 0.29) is 0 Å². The third-order valence-corrected chi connectivity index (χ3v) is 4.71. The summed E-state index contributed by atoms with van der Waals surface area (Å²) in [5, 5.41) is 4.55. The molecule has 29 heavy (non-hydrogen) atoms. The number of ether oxygens (including phenoxy) is 2. The highest BCUT2D eigenvalue weighted by Gasteiger charge is 2.10. The summed E-state index contributed by atoms with van der Waals surface area (Å²) < 4.78 is 11.1. The molecule has 0 atom stereocenters. The number of nitrogens with two attached hydrogens (primary N) is 1. The van der Waals surface area contributed by atoms with Crippen molar-refractivity contribution in [2.75, 3.05) is 18.2 Å². The van der Waals surface area contributed by atoms with Crippen molar-refractivity contribution in [2.45, 2.75) is 6.61 Å². The first-order valence-corrected chi connectivity index (χ1v) is 9.33. The molecule has 0 spiro atoms. The molecule has 0 saturated carbocycles. The number of hydrogen-bond acceptors (Lipinski definition) is 6. The van der Waals surface area contributed by atoms with E-state index in [0.29, 0.717) is 34.6 Å². The molecule has 7 heteroatoms. The van der Waals surface area contributed by atoms with E-state index in [2.05, 4.69) is 15.3 Å². The minimum Gasteiger partial charge on any atom is -0.495 e. The summed E-state index contributed by atoms with van der Waals surface area (Å²) in [6, 6.07) is 19.0. The number of anilines is 3. The largest absolute Gasteiger partial charge is 0.495 e. The van der Waals surface area contributed by atoms with Gasteiger partial charge in [-0.3, -0.25) is 0 Å². The zero-order valence-corrected chi connectivity index (χ0v) is 16.5. The Balaban J connectivity index is 1.55. The van der Waals surface area contributed by atoms with Gasteiger partial charge in [0.05, 0.1) is 23.3 Å². The van der Waals surface area contributed by atoms with Gasteiger partial charge in [-0.25, -0.2) is 9.97 Å². The Hall–Kier alpha value is -3.51. The summed E-state index contributed by atoms with van der Waals surface area (Å²) in [5.74, 6) is 1.81. The number of nitrogen functional groups attached to an aromatic ring is 1. The number of halogens is 1. The summed E-state index contributed by atoms with van der Waals surface area (Å²) in [5.41, 5.74) is 9.13. The molecule has 4 rings (SSSR count). The van der Waals surface area contributed by atoms with Crippen LogP contribution < -0.4 is 20.5 Å². The molecule has 0 radical (unpaired) electrons. The predicted octanol–water partition coefficient (Wildman–Crippen LogP) is 5.20. The fourth-order valence-electron chi connectivity index (χ4n) is 2.94. The second-order valence-corrected chi connectivity index (χ2v) is 6.79. The molecule has 1 heterocycles. The van der Waals surface area contributed by atoms with Crippen LogP contribution in [0.2, 0.25) is 5.02 Å². The maximum absolute atomic E-state index is 6.41. The van der Waals surface area contributed by atoms with Crippen LogP contribution in [0.1, 0.15) is 5.56 Å². The molecule has 3 N–H and O–H groups in total. The van der Waals surface area contributed by atoms with Crippen molar-refractivity contribution in [1.29, 1.82) is 0 Å². The lowest BCUT2D eigenvalue weighted by Crippen LogP contribution is -1.99. The van der Waals surface area contributed by atoms with Crippen molar-refractivity contribution in [3.05, 3.63) is 77.6 Å². The first-order chi connectivity index (χ1) is 14.1. The number of hydrogen-bond donors (Lipinski definition) is 2. The highest BCUT2D eigenvalue weighted by atomic mass is 35.5. The summed E-state index contributed by atoms with van der Waals surface area (Å²) in [4.78, 5) is 8.62. The van der Waals surface area contributed by atoms with Crippen LogP contribution >= 0.6 is 11.6 Å². The average Bonchev–Trinajstić information content (AvgIpc) is 2.74.